The number of hydrogen-bond donors (Lipinski definition) is 1. The van der Waals surface area contributed by atoms with Crippen LogP contribution in [0.4, 0.5) is 4.79 Å². The van der Waals surface area contributed by atoms with E-state index in [4.69, 9.17) is 10.5 Å². The first kappa shape index (κ1) is 16.1. The van der Waals surface area contributed by atoms with Crippen molar-refractivity contribution in [2.45, 2.75) is 11.8 Å². The van der Waals surface area contributed by atoms with Crippen LogP contribution in [-0.2, 0) is 11.8 Å². The van der Waals surface area contributed by atoms with E-state index in [2.05, 4.69) is 35.4 Å². The van der Waals surface area contributed by atoms with Gasteiger partial charge < -0.3 is 10.5 Å². The fourth-order valence-corrected chi connectivity index (χ4v) is 3.63. The highest BCUT2D eigenvalue weighted by molar-refractivity contribution is 5.77. The van der Waals surface area contributed by atoms with Gasteiger partial charge in [-0.3, -0.25) is 0 Å². The molecular weight excluding hydrogens is 326 g/mol. The van der Waals surface area contributed by atoms with Crippen molar-refractivity contribution in [1.29, 1.82) is 0 Å². The number of hydrogen-bond acceptors (Lipinski definition) is 3. The lowest BCUT2D eigenvalue weighted by Crippen LogP contribution is -2.33. The Morgan fingerprint density at radius 2 is 1.81 bits per heavy atom. The molecule has 0 bridgehead atoms. The molecule has 1 atom stereocenters. The number of primary amides is 1. The average molecular weight is 345 g/mol. The molecule has 1 aromatic heterocycles. The molecule has 2 N–H and O–H groups in total. The molecule has 0 aliphatic heterocycles. The van der Waals surface area contributed by atoms with Crippen molar-refractivity contribution in [3.8, 4) is 5.75 Å². The number of fused-ring (bicyclic) bond motifs is 1. The van der Waals surface area contributed by atoms with Crippen LogP contribution in [0.25, 0.3) is 6.08 Å². The van der Waals surface area contributed by atoms with E-state index in [1.807, 2.05) is 36.4 Å². The van der Waals surface area contributed by atoms with Gasteiger partial charge in [0.05, 0.1) is 19.0 Å². The monoisotopic (exact) mass is 345 g/mol. The van der Waals surface area contributed by atoms with Crippen LogP contribution in [0.2, 0.25) is 0 Å². The quantitative estimate of drug-likeness (QED) is 0.791. The molecule has 0 saturated carbocycles. The molecule has 0 saturated heterocycles. The van der Waals surface area contributed by atoms with Crippen LogP contribution < -0.4 is 10.5 Å². The third-order valence-electron chi connectivity index (χ3n) is 5.00. The van der Waals surface area contributed by atoms with Crippen LogP contribution >= 0.6 is 0 Å². The standard InChI is InChI=1S/C21H19N3O2/c1-26-18-9-7-17(8-10-18)21(16-5-3-2-4-6-16)12-11-15-14-23-24(20(22)25)19(15)13-21/h2-12,14H,13H2,1H3,(H2,22,25). The van der Waals surface area contributed by atoms with Crippen molar-refractivity contribution in [1.82, 2.24) is 9.78 Å². The largest absolute Gasteiger partial charge is 0.497 e. The predicted molar refractivity (Wildman–Crippen MR) is 100 cm³/mol. The molecule has 5 nitrogen and oxygen atoms in total. The van der Waals surface area contributed by atoms with E-state index in [1.54, 1.807) is 13.3 Å². The van der Waals surface area contributed by atoms with Crippen LogP contribution in [0.5, 0.6) is 5.75 Å². The second kappa shape index (κ2) is 6.19. The minimum atomic E-state index is -0.571. The molecule has 1 heterocycles. The van der Waals surface area contributed by atoms with Crippen molar-refractivity contribution in [3.05, 3.63) is 89.3 Å². The summed E-state index contributed by atoms with van der Waals surface area (Å²) in [6.45, 7) is 0. The number of amides is 1. The average Bonchev–Trinajstić information content (AvgIpc) is 3.12. The summed E-state index contributed by atoms with van der Waals surface area (Å²) >= 11 is 0. The molecule has 4 rings (SSSR count). The maximum Gasteiger partial charge on any atom is 0.339 e. The van der Waals surface area contributed by atoms with Crippen LogP contribution in [0.1, 0.15) is 22.4 Å². The molecule has 1 amide bonds. The number of nitrogens with two attached hydrogens (primary N) is 1. The molecule has 0 radical (unpaired) electrons. The van der Waals surface area contributed by atoms with Gasteiger partial charge in [0.15, 0.2) is 0 Å². The van der Waals surface area contributed by atoms with E-state index in [1.165, 1.54) is 4.68 Å². The number of allylic oxidation sites excluding steroid dienone is 1. The lowest BCUT2D eigenvalue weighted by Gasteiger charge is -2.35. The van der Waals surface area contributed by atoms with Gasteiger partial charge in [-0.2, -0.15) is 9.78 Å². The summed E-state index contributed by atoms with van der Waals surface area (Å²) in [5, 5.41) is 4.15. The molecule has 1 aliphatic carbocycles. The van der Waals surface area contributed by atoms with Gasteiger partial charge in [-0.25, -0.2) is 4.79 Å². The van der Waals surface area contributed by atoms with Crippen molar-refractivity contribution in [2.24, 2.45) is 5.73 Å². The second-order valence-electron chi connectivity index (χ2n) is 6.37. The topological polar surface area (TPSA) is 70.1 Å². The van der Waals surface area contributed by atoms with Crippen molar-refractivity contribution in [3.63, 3.8) is 0 Å². The third-order valence-corrected chi connectivity index (χ3v) is 5.00. The number of carbonyl (C=O) groups excluding carboxylic acids is 1. The minimum Gasteiger partial charge on any atom is -0.497 e. The summed E-state index contributed by atoms with van der Waals surface area (Å²) in [6, 6.07) is 17.7. The predicted octanol–water partition coefficient (Wildman–Crippen LogP) is 3.37. The van der Waals surface area contributed by atoms with E-state index < -0.39 is 11.4 Å². The number of benzene rings is 2. The van der Waals surface area contributed by atoms with E-state index >= 15 is 0 Å². The highest BCUT2D eigenvalue weighted by Gasteiger charge is 2.37. The summed E-state index contributed by atoms with van der Waals surface area (Å²) in [7, 11) is 1.65. The molecule has 1 unspecified atom stereocenters. The van der Waals surface area contributed by atoms with Gasteiger partial charge in [0, 0.05) is 17.4 Å². The Kier molecular flexibility index (Phi) is 3.84. The van der Waals surface area contributed by atoms with E-state index in [0.29, 0.717) is 6.42 Å². The van der Waals surface area contributed by atoms with Gasteiger partial charge in [-0.15, -0.1) is 0 Å². The molecule has 26 heavy (non-hydrogen) atoms. The molecule has 1 aliphatic rings. The summed E-state index contributed by atoms with van der Waals surface area (Å²) in [4.78, 5) is 11.8. The first-order valence-electron chi connectivity index (χ1n) is 8.40. The van der Waals surface area contributed by atoms with Gasteiger partial charge >= 0.3 is 6.03 Å². The van der Waals surface area contributed by atoms with E-state index in [0.717, 1.165) is 28.1 Å². The van der Waals surface area contributed by atoms with Crippen molar-refractivity contribution >= 4 is 12.1 Å². The molecule has 2 aromatic carbocycles. The fourth-order valence-electron chi connectivity index (χ4n) is 3.63. The second-order valence-corrected chi connectivity index (χ2v) is 6.37. The van der Waals surface area contributed by atoms with E-state index in [9.17, 15) is 4.79 Å². The van der Waals surface area contributed by atoms with Crippen molar-refractivity contribution < 1.29 is 9.53 Å². The summed E-state index contributed by atoms with van der Waals surface area (Å²) in [5.74, 6) is 0.805. The summed E-state index contributed by atoms with van der Waals surface area (Å²) in [6.07, 6.45) is 6.47. The molecule has 0 spiro atoms. The Morgan fingerprint density at radius 1 is 1.12 bits per heavy atom. The summed E-state index contributed by atoms with van der Waals surface area (Å²) in [5.41, 5.74) is 9.09. The fraction of sp³-hybridized carbons (Fsp3) is 0.143. The van der Waals surface area contributed by atoms with Gasteiger partial charge in [0.1, 0.15) is 5.75 Å². The maximum absolute atomic E-state index is 11.8. The Bertz CT molecular complexity index is 974. The number of nitrogens with zero attached hydrogens (tertiary/aromatic N) is 2. The summed E-state index contributed by atoms with van der Waals surface area (Å²) < 4.78 is 6.59. The smallest absolute Gasteiger partial charge is 0.339 e. The Morgan fingerprint density at radius 3 is 2.46 bits per heavy atom. The molecule has 3 aromatic rings. The normalized spacial score (nSPS) is 18.3. The van der Waals surface area contributed by atoms with Crippen LogP contribution in [-0.4, -0.2) is 22.9 Å². The van der Waals surface area contributed by atoms with Gasteiger partial charge in [0.25, 0.3) is 0 Å². The minimum absolute atomic E-state index is 0.409. The molecule has 130 valence electrons. The molecular formula is C21H19N3O2. The lowest BCUT2D eigenvalue weighted by molar-refractivity contribution is 0.246. The Balaban J connectivity index is 1.90. The number of ether oxygens (including phenoxy) is 1. The third kappa shape index (κ3) is 2.49. The van der Waals surface area contributed by atoms with Crippen molar-refractivity contribution in [2.75, 3.05) is 7.11 Å². The number of methoxy groups -OCH3 is 1. The lowest BCUT2D eigenvalue weighted by atomic mass is 9.68. The van der Waals surface area contributed by atoms with Crippen LogP contribution in [0.3, 0.4) is 0 Å². The maximum atomic E-state index is 11.8. The number of aromatic nitrogens is 2. The zero-order chi connectivity index (χ0) is 18.1. The molecule has 5 heteroatoms. The zero-order valence-corrected chi connectivity index (χ0v) is 14.4. The zero-order valence-electron chi connectivity index (χ0n) is 14.4. The van der Waals surface area contributed by atoms with Crippen LogP contribution in [0.15, 0.2) is 66.9 Å². The highest BCUT2D eigenvalue weighted by Crippen LogP contribution is 2.41. The van der Waals surface area contributed by atoms with Crippen LogP contribution in [0, 0.1) is 0 Å². The Hall–Kier alpha value is -3.34. The van der Waals surface area contributed by atoms with E-state index in [-0.39, 0.29) is 0 Å². The highest BCUT2D eigenvalue weighted by atomic mass is 16.5. The number of carbonyl (C=O) groups is 1. The van der Waals surface area contributed by atoms with Gasteiger partial charge in [-0.1, -0.05) is 54.6 Å². The van der Waals surface area contributed by atoms with Gasteiger partial charge in [0.2, 0.25) is 0 Å². The first-order valence-corrected chi connectivity index (χ1v) is 8.40. The van der Waals surface area contributed by atoms with Gasteiger partial charge in [-0.05, 0) is 23.3 Å². The Labute approximate surface area is 151 Å². The SMILES string of the molecule is COc1ccc(C2(c3ccccc3)C=Cc3cnn(C(N)=O)c3C2)cc1. The number of rotatable bonds is 3. The first-order chi connectivity index (χ1) is 12.6. The molecule has 0 fully saturated rings.